The van der Waals surface area contributed by atoms with Crippen LogP contribution < -0.4 is 5.73 Å². The quantitative estimate of drug-likeness (QED) is 0.711. The van der Waals surface area contributed by atoms with Gasteiger partial charge < -0.3 is 5.73 Å². The van der Waals surface area contributed by atoms with Gasteiger partial charge in [-0.1, -0.05) is 39.0 Å². The van der Waals surface area contributed by atoms with Crippen LogP contribution in [0.15, 0.2) is 0 Å². The molecule has 2 heteroatoms. The summed E-state index contributed by atoms with van der Waals surface area (Å²) in [6.07, 6.45) is 7.99. The van der Waals surface area contributed by atoms with E-state index in [4.69, 9.17) is 5.73 Å². The van der Waals surface area contributed by atoms with E-state index in [2.05, 4.69) is 6.92 Å². The third-order valence-corrected chi connectivity index (χ3v) is 3.34. The Bertz CT molecular complexity index is 173. The topological polar surface area (TPSA) is 43.1 Å². The van der Waals surface area contributed by atoms with Crippen LogP contribution in [-0.4, -0.2) is 12.3 Å². The van der Waals surface area contributed by atoms with Gasteiger partial charge in [-0.2, -0.15) is 0 Å². The van der Waals surface area contributed by atoms with E-state index in [1.54, 1.807) is 0 Å². The molecular weight excluding hydrogens is 174 g/mol. The highest BCUT2D eigenvalue weighted by Crippen LogP contribution is 2.29. The highest BCUT2D eigenvalue weighted by molar-refractivity contribution is 5.81. The minimum atomic E-state index is 0.139. The molecule has 0 radical (unpaired) electrons. The Morgan fingerprint density at radius 3 is 2.57 bits per heavy atom. The highest BCUT2D eigenvalue weighted by Gasteiger charge is 2.22. The molecule has 1 fully saturated rings. The van der Waals surface area contributed by atoms with Gasteiger partial charge in [0.1, 0.15) is 5.78 Å². The van der Waals surface area contributed by atoms with Gasteiger partial charge in [0.15, 0.2) is 0 Å². The van der Waals surface area contributed by atoms with Gasteiger partial charge in [0, 0.05) is 18.9 Å². The SMILES string of the molecule is CCCC(CN)C(=O)CC1CCCC1. The van der Waals surface area contributed by atoms with Crippen LogP contribution in [0.5, 0.6) is 0 Å². The molecular formula is C12H23NO. The molecule has 0 bridgehead atoms. The van der Waals surface area contributed by atoms with E-state index < -0.39 is 0 Å². The molecule has 0 aromatic heterocycles. The maximum Gasteiger partial charge on any atom is 0.137 e. The molecule has 0 aromatic carbocycles. The van der Waals surface area contributed by atoms with Gasteiger partial charge >= 0.3 is 0 Å². The number of Topliss-reactive ketones (excluding diaryl/α,β-unsaturated/α-hetero) is 1. The summed E-state index contributed by atoms with van der Waals surface area (Å²) >= 11 is 0. The predicted octanol–water partition coefficient (Wildman–Crippen LogP) is 2.51. The van der Waals surface area contributed by atoms with Gasteiger partial charge in [0.25, 0.3) is 0 Å². The lowest BCUT2D eigenvalue weighted by atomic mass is 9.91. The molecule has 1 aliphatic carbocycles. The van der Waals surface area contributed by atoms with E-state index in [-0.39, 0.29) is 5.92 Å². The minimum absolute atomic E-state index is 0.139. The number of ketones is 1. The van der Waals surface area contributed by atoms with Crippen LogP contribution in [-0.2, 0) is 4.79 Å². The van der Waals surface area contributed by atoms with Gasteiger partial charge in [0.05, 0.1) is 0 Å². The summed E-state index contributed by atoms with van der Waals surface area (Å²) in [7, 11) is 0. The van der Waals surface area contributed by atoms with Gasteiger partial charge in [-0.25, -0.2) is 0 Å². The first-order valence-corrected chi connectivity index (χ1v) is 6.00. The number of rotatable bonds is 6. The van der Waals surface area contributed by atoms with Gasteiger partial charge in [0.2, 0.25) is 0 Å². The Kier molecular flexibility index (Phi) is 5.16. The number of carbonyl (C=O) groups is 1. The van der Waals surface area contributed by atoms with Crippen LogP contribution in [0.4, 0.5) is 0 Å². The highest BCUT2D eigenvalue weighted by atomic mass is 16.1. The van der Waals surface area contributed by atoms with E-state index in [0.717, 1.165) is 19.3 Å². The Labute approximate surface area is 87.2 Å². The lowest BCUT2D eigenvalue weighted by Gasteiger charge is -2.15. The third kappa shape index (κ3) is 3.41. The normalized spacial score (nSPS) is 19.9. The summed E-state index contributed by atoms with van der Waals surface area (Å²) < 4.78 is 0. The second-order valence-electron chi connectivity index (χ2n) is 4.54. The van der Waals surface area contributed by atoms with Crippen LogP contribution in [0.1, 0.15) is 51.9 Å². The van der Waals surface area contributed by atoms with Crippen LogP contribution in [0, 0.1) is 11.8 Å². The first-order valence-electron chi connectivity index (χ1n) is 6.00. The zero-order valence-corrected chi connectivity index (χ0v) is 9.30. The maximum absolute atomic E-state index is 11.8. The molecule has 2 N–H and O–H groups in total. The lowest BCUT2D eigenvalue weighted by Crippen LogP contribution is -2.25. The van der Waals surface area contributed by atoms with Crippen molar-refractivity contribution in [1.82, 2.24) is 0 Å². The molecule has 0 saturated heterocycles. The molecule has 0 spiro atoms. The van der Waals surface area contributed by atoms with Crippen molar-refractivity contribution in [2.45, 2.75) is 51.9 Å². The molecule has 1 atom stereocenters. The molecule has 1 aliphatic rings. The second-order valence-corrected chi connectivity index (χ2v) is 4.54. The molecule has 2 nitrogen and oxygen atoms in total. The molecule has 0 aliphatic heterocycles. The maximum atomic E-state index is 11.8. The van der Waals surface area contributed by atoms with Crippen LogP contribution >= 0.6 is 0 Å². The average Bonchev–Trinajstić information content (AvgIpc) is 2.66. The van der Waals surface area contributed by atoms with Crippen molar-refractivity contribution in [2.24, 2.45) is 17.6 Å². The van der Waals surface area contributed by atoms with Gasteiger partial charge in [-0.3, -0.25) is 4.79 Å². The summed E-state index contributed by atoms with van der Waals surface area (Å²) in [4.78, 5) is 11.8. The lowest BCUT2D eigenvalue weighted by molar-refractivity contribution is -0.123. The monoisotopic (exact) mass is 197 g/mol. The Morgan fingerprint density at radius 1 is 1.43 bits per heavy atom. The second kappa shape index (κ2) is 6.18. The number of hydrogen-bond acceptors (Lipinski definition) is 2. The summed E-state index contributed by atoms with van der Waals surface area (Å²) in [6.45, 7) is 2.66. The molecule has 0 amide bonds. The molecule has 1 saturated carbocycles. The molecule has 82 valence electrons. The number of carbonyl (C=O) groups excluding carboxylic acids is 1. The zero-order valence-electron chi connectivity index (χ0n) is 9.30. The zero-order chi connectivity index (χ0) is 10.4. The summed E-state index contributed by atoms with van der Waals surface area (Å²) in [6, 6.07) is 0. The Hall–Kier alpha value is -0.370. The van der Waals surface area contributed by atoms with Crippen molar-refractivity contribution in [3.05, 3.63) is 0 Å². The van der Waals surface area contributed by atoms with E-state index in [1.807, 2.05) is 0 Å². The van der Waals surface area contributed by atoms with E-state index >= 15 is 0 Å². The molecule has 14 heavy (non-hydrogen) atoms. The molecule has 1 unspecified atom stereocenters. The van der Waals surface area contributed by atoms with Crippen molar-refractivity contribution in [3.8, 4) is 0 Å². The summed E-state index contributed by atoms with van der Waals surface area (Å²) in [5.41, 5.74) is 5.61. The van der Waals surface area contributed by atoms with Gasteiger partial charge in [-0.05, 0) is 12.3 Å². The Morgan fingerprint density at radius 2 is 2.07 bits per heavy atom. The Balaban J connectivity index is 2.30. The molecule has 0 aromatic rings. The number of nitrogens with two attached hydrogens (primary N) is 1. The minimum Gasteiger partial charge on any atom is -0.330 e. The van der Waals surface area contributed by atoms with Crippen molar-refractivity contribution in [1.29, 1.82) is 0 Å². The first kappa shape index (κ1) is 11.7. The molecule has 1 rings (SSSR count). The van der Waals surface area contributed by atoms with E-state index in [9.17, 15) is 4.79 Å². The third-order valence-electron chi connectivity index (χ3n) is 3.34. The van der Waals surface area contributed by atoms with Gasteiger partial charge in [-0.15, -0.1) is 0 Å². The number of hydrogen-bond donors (Lipinski definition) is 1. The van der Waals surface area contributed by atoms with Crippen LogP contribution in [0.2, 0.25) is 0 Å². The van der Waals surface area contributed by atoms with Crippen molar-refractivity contribution in [2.75, 3.05) is 6.54 Å². The molecule has 0 heterocycles. The first-order chi connectivity index (χ1) is 6.77. The van der Waals surface area contributed by atoms with Crippen molar-refractivity contribution < 1.29 is 4.79 Å². The summed E-state index contributed by atoms with van der Waals surface area (Å²) in [5.74, 6) is 1.23. The smallest absolute Gasteiger partial charge is 0.137 e. The average molecular weight is 197 g/mol. The fourth-order valence-electron chi connectivity index (χ4n) is 2.42. The van der Waals surface area contributed by atoms with E-state index in [0.29, 0.717) is 18.2 Å². The van der Waals surface area contributed by atoms with Crippen LogP contribution in [0.25, 0.3) is 0 Å². The summed E-state index contributed by atoms with van der Waals surface area (Å²) in [5, 5.41) is 0. The van der Waals surface area contributed by atoms with Crippen LogP contribution in [0.3, 0.4) is 0 Å². The van der Waals surface area contributed by atoms with Crippen molar-refractivity contribution >= 4 is 5.78 Å². The standard InChI is InChI=1S/C12H23NO/c1-2-5-11(9-13)12(14)8-10-6-3-4-7-10/h10-11H,2-9,13H2,1H3. The van der Waals surface area contributed by atoms with E-state index in [1.165, 1.54) is 25.7 Å². The predicted molar refractivity (Wildman–Crippen MR) is 59.0 cm³/mol. The largest absolute Gasteiger partial charge is 0.330 e. The van der Waals surface area contributed by atoms with Crippen molar-refractivity contribution in [3.63, 3.8) is 0 Å². The fourth-order valence-corrected chi connectivity index (χ4v) is 2.42. The fraction of sp³-hybridized carbons (Fsp3) is 0.917.